The molecular weight excluding hydrogens is 194 g/mol. The van der Waals surface area contributed by atoms with Gasteiger partial charge in [0, 0.05) is 0 Å². The molecule has 2 rings (SSSR count). The predicted octanol–water partition coefficient (Wildman–Crippen LogP) is 2.35. The van der Waals surface area contributed by atoms with E-state index in [0.29, 0.717) is 11.3 Å². The Balaban J connectivity index is 2.62. The highest BCUT2D eigenvalue weighted by Crippen LogP contribution is 2.26. The third-order valence-electron chi connectivity index (χ3n) is 2.13. The Morgan fingerprint density at radius 3 is 2.60 bits per heavy atom. The van der Waals surface area contributed by atoms with E-state index >= 15 is 0 Å². The maximum atomic E-state index is 10.9. The van der Waals surface area contributed by atoms with Gasteiger partial charge in [-0.3, -0.25) is 0 Å². The van der Waals surface area contributed by atoms with E-state index in [1.165, 1.54) is 0 Å². The van der Waals surface area contributed by atoms with Crippen LogP contribution < -0.4 is 0 Å². The number of carbonyl (C=O) groups is 1. The summed E-state index contributed by atoms with van der Waals surface area (Å²) in [4.78, 5) is 10.9. The van der Waals surface area contributed by atoms with Crippen molar-refractivity contribution in [2.45, 2.75) is 6.92 Å². The molecular formula is C11H9NO3. The molecule has 4 nitrogen and oxygen atoms in total. The summed E-state index contributed by atoms with van der Waals surface area (Å²) in [5.74, 6) is -0.565. The Labute approximate surface area is 86.1 Å². The molecule has 0 aliphatic heterocycles. The largest absolute Gasteiger partial charge is 0.476 e. The Bertz CT molecular complexity index is 488. The number of aromatic carboxylic acids is 1. The molecule has 0 saturated heterocycles. The molecule has 1 heterocycles. The van der Waals surface area contributed by atoms with E-state index in [0.717, 1.165) is 5.56 Å². The summed E-state index contributed by atoms with van der Waals surface area (Å²) < 4.78 is 4.88. The molecule has 0 radical (unpaired) electrons. The number of rotatable bonds is 2. The van der Waals surface area contributed by atoms with Gasteiger partial charge in [-0.15, -0.1) is 0 Å². The van der Waals surface area contributed by atoms with Crippen molar-refractivity contribution in [1.29, 1.82) is 0 Å². The van der Waals surface area contributed by atoms with Gasteiger partial charge in [-0.25, -0.2) is 4.79 Å². The number of aryl methyl sites for hydroxylation is 1. The van der Waals surface area contributed by atoms with Crippen LogP contribution in [-0.4, -0.2) is 16.2 Å². The summed E-state index contributed by atoms with van der Waals surface area (Å²) >= 11 is 0. The van der Waals surface area contributed by atoms with Crippen molar-refractivity contribution in [2.24, 2.45) is 0 Å². The maximum Gasteiger partial charge on any atom is 0.358 e. The monoisotopic (exact) mass is 203 g/mol. The van der Waals surface area contributed by atoms with Gasteiger partial charge in [0.1, 0.15) is 5.76 Å². The van der Waals surface area contributed by atoms with E-state index in [1.54, 1.807) is 6.92 Å². The average Bonchev–Trinajstić information content (AvgIpc) is 2.61. The van der Waals surface area contributed by atoms with Crippen molar-refractivity contribution >= 4 is 5.97 Å². The lowest BCUT2D eigenvalue weighted by Crippen LogP contribution is -1.98. The molecule has 2 aromatic rings. The first kappa shape index (κ1) is 9.45. The second-order valence-electron chi connectivity index (χ2n) is 3.13. The van der Waals surface area contributed by atoms with Gasteiger partial charge in [-0.1, -0.05) is 35.5 Å². The molecule has 0 bridgehead atoms. The molecule has 0 amide bonds. The smallest absolute Gasteiger partial charge is 0.358 e. The van der Waals surface area contributed by atoms with Crippen LogP contribution >= 0.6 is 0 Å². The third kappa shape index (κ3) is 1.61. The molecule has 0 aliphatic rings. The number of carboxylic acid groups (broad SMARTS) is 1. The van der Waals surface area contributed by atoms with E-state index in [9.17, 15) is 4.79 Å². The van der Waals surface area contributed by atoms with Crippen LogP contribution in [0.4, 0.5) is 0 Å². The van der Waals surface area contributed by atoms with Crippen molar-refractivity contribution < 1.29 is 14.4 Å². The first-order valence-electron chi connectivity index (χ1n) is 4.45. The van der Waals surface area contributed by atoms with Crippen molar-refractivity contribution in [1.82, 2.24) is 5.16 Å². The van der Waals surface area contributed by atoms with E-state index < -0.39 is 5.97 Å². The van der Waals surface area contributed by atoms with E-state index in [2.05, 4.69) is 5.16 Å². The zero-order chi connectivity index (χ0) is 10.8. The van der Waals surface area contributed by atoms with Gasteiger partial charge in [0.25, 0.3) is 0 Å². The van der Waals surface area contributed by atoms with Crippen molar-refractivity contribution in [3.8, 4) is 11.1 Å². The van der Waals surface area contributed by atoms with Crippen molar-refractivity contribution in [2.75, 3.05) is 0 Å². The number of carboxylic acids is 1. The van der Waals surface area contributed by atoms with Gasteiger partial charge in [0.15, 0.2) is 5.69 Å². The second-order valence-corrected chi connectivity index (χ2v) is 3.13. The molecule has 15 heavy (non-hydrogen) atoms. The molecule has 0 spiro atoms. The zero-order valence-electron chi connectivity index (χ0n) is 8.10. The molecule has 0 saturated carbocycles. The normalized spacial score (nSPS) is 10.2. The maximum absolute atomic E-state index is 10.9. The minimum atomic E-state index is -1.08. The van der Waals surface area contributed by atoms with E-state index in [-0.39, 0.29) is 5.69 Å². The molecule has 0 atom stereocenters. The van der Waals surface area contributed by atoms with Crippen LogP contribution in [0.2, 0.25) is 0 Å². The fourth-order valence-electron chi connectivity index (χ4n) is 1.46. The highest BCUT2D eigenvalue weighted by Gasteiger charge is 2.19. The molecule has 0 fully saturated rings. The van der Waals surface area contributed by atoms with Crippen LogP contribution in [0.3, 0.4) is 0 Å². The van der Waals surface area contributed by atoms with Gasteiger partial charge in [0.2, 0.25) is 0 Å². The molecule has 1 aromatic carbocycles. The van der Waals surface area contributed by atoms with Crippen LogP contribution in [0.25, 0.3) is 11.1 Å². The quantitative estimate of drug-likeness (QED) is 0.813. The van der Waals surface area contributed by atoms with Gasteiger partial charge in [-0.2, -0.15) is 0 Å². The fourth-order valence-corrected chi connectivity index (χ4v) is 1.46. The lowest BCUT2D eigenvalue weighted by molar-refractivity contribution is 0.0686. The lowest BCUT2D eigenvalue weighted by atomic mass is 10.0. The Hall–Kier alpha value is -2.10. The topological polar surface area (TPSA) is 63.3 Å². The number of hydrogen-bond donors (Lipinski definition) is 1. The zero-order valence-corrected chi connectivity index (χ0v) is 8.10. The highest BCUT2D eigenvalue weighted by atomic mass is 16.5. The van der Waals surface area contributed by atoms with Gasteiger partial charge >= 0.3 is 5.97 Å². The predicted molar refractivity (Wildman–Crippen MR) is 53.6 cm³/mol. The molecule has 0 aliphatic carbocycles. The number of benzene rings is 1. The van der Waals surface area contributed by atoms with Crippen molar-refractivity contribution in [3.05, 3.63) is 41.8 Å². The Morgan fingerprint density at radius 2 is 2.00 bits per heavy atom. The van der Waals surface area contributed by atoms with E-state index in [4.69, 9.17) is 9.63 Å². The number of nitrogens with zero attached hydrogens (tertiary/aromatic N) is 1. The first-order chi connectivity index (χ1) is 7.20. The molecule has 4 heteroatoms. The minimum Gasteiger partial charge on any atom is -0.476 e. The van der Waals surface area contributed by atoms with Crippen LogP contribution in [0, 0.1) is 6.92 Å². The van der Waals surface area contributed by atoms with Crippen molar-refractivity contribution in [3.63, 3.8) is 0 Å². The number of aromatic nitrogens is 1. The first-order valence-corrected chi connectivity index (χ1v) is 4.45. The summed E-state index contributed by atoms with van der Waals surface area (Å²) in [6.07, 6.45) is 0. The summed E-state index contributed by atoms with van der Waals surface area (Å²) in [6.45, 7) is 1.70. The molecule has 1 N–H and O–H groups in total. The van der Waals surface area contributed by atoms with Crippen LogP contribution in [0.5, 0.6) is 0 Å². The SMILES string of the molecule is Cc1onc(C(=O)O)c1-c1ccccc1. The summed E-state index contributed by atoms with van der Waals surface area (Å²) in [5, 5.41) is 12.4. The summed E-state index contributed by atoms with van der Waals surface area (Å²) in [6, 6.07) is 9.20. The third-order valence-corrected chi connectivity index (χ3v) is 2.13. The minimum absolute atomic E-state index is 0.0429. The molecule has 1 aromatic heterocycles. The van der Waals surface area contributed by atoms with Gasteiger partial charge < -0.3 is 9.63 Å². The Kier molecular flexibility index (Phi) is 2.25. The standard InChI is InChI=1S/C11H9NO3/c1-7-9(8-5-3-2-4-6-8)10(11(13)14)12-15-7/h2-6H,1H3,(H,13,14). The van der Waals surface area contributed by atoms with Crippen LogP contribution in [-0.2, 0) is 0 Å². The average molecular weight is 203 g/mol. The molecule has 0 unspecified atom stereocenters. The lowest BCUT2D eigenvalue weighted by Gasteiger charge is -1.98. The van der Waals surface area contributed by atoms with E-state index in [1.807, 2.05) is 30.3 Å². The fraction of sp³-hybridized carbons (Fsp3) is 0.0909. The number of hydrogen-bond acceptors (Lipinski definition) is 3. The summed E-state index contributed by atoms with van der Waals surface area (Å²) in [7, 11) is 0. The highest BCUT2D eigenvalue weighted by molar-refractivity contribution is 5.94. The van der Waals surface area contributed by atoms with Gasteiger partial charge in [-0.05, 0) is 12.5 Å². The van der Waals surface area contributed by atoms with Crippen LogP contribution in [0.15, 0.2) is 34.9 Å². The van der Waals surface area contributed by atoms with Crippen LogP contribution in [0.1, 0.15) is 16.2 Å². The Morgan fingerprint density at radius 1 is 1.33 bits per heavy atom. The van der Waals surface area contributed by atoms with Gasteiger partial charge in [0.05, 0.1) is 5.56 Å². The summed E-state index contributed by atoms with van der Waals surface area (Å²) in [5.41, 5.74) is 1.30. The molecule has 76 valence electrons. The second kappa shape index (κ2) is 3.57.